The summed E-state index contributed by atoms with van der Waals surface area (Å²) in [5, 5.41) is 11.3. The van der Waals surface area contributed by atoms with Gasteiger partial charge in [0.25, 0.3) is 0 Å². The molecule has 1 aliphatic rings. The molecule has 0 heterocycles. The number of benzene rings is 1. The molecule has 1 aromatic rings. The Labute approximate surface area is 95.4 Å². The van der Waals surface area contributed by atoms with Crippen molar-refractivity contribution in [2.24, 2.45) is 0 Å². The van der Waals surface area contributed by atoms with Gasteiger partial charge < -0.3 is 5.11 Å². The average molecular weight is 223 g/mol. The van der Waals surface area contributed by atoms with Crippen LogP contribution in [0, 0.1) is 6.92 Å². The summed E-state index contributed by atoms with van der Waals surface area (Å²) in [7, 11) is 0. The zero-order chi connectivity index (χ0) is 11.1. The first-order chi connectivity index (χ1) is 7.08. The van der Waals surface area contributed by atoms with E-state index in [0.29, 0.717) is 6.42 Å². The first kappa shape index (κ1) is 10.7. The summed E-state index contributed by atoms with van der Waals surface area (Å²) in [4.78, 5) is 0. The predicted octanol–water partition coefficient (Wildman–Crippen LogP) is 3.36. The Bertz CT molecular complexity index is 411. The molecule has 2 rings (SSSR count). The molecule has 1 N–H and O–H groups in total. The Hall–Kier alpha value is -0.790. The van der Waals surface area contributed by atoms with Crippen molar-refractivity contribution in [2.45, 2.75) is 31.8 Å². The van der Waals surface area contributed by atoms with Crippen LogP contribution in [0.5, 0.6) is 0 Å². The lowest BCUT2D eigenvalue weighted by Gasteiger charge is -2.24. The minimum atomic E-state index is -0.744. The molecule has 0 saturated carbocycles. The highest BCUT2D eigenvalue weighted by Crippen LogP contribution is 2.44. The van der Waals surface area contributed by atoms with Crippen molar-refractivity contribution in [3.63, 3.8) is 0 Å². The molecular weight excluding hydrogens is 208 g/mol. The maximum Gasteiger partial charge on any atom is 0.0939 e. The lowest BCUT2D eigenvalue weighted by Crippen LogP contribution is -2.22. The number of rotatable bonds is 2. The summed E-state index contributed by atoms with van der Waals surface area (Å²) < 4.78 is 0. The van der Waals surface area contributed by atoms with Crippen LogP contribution in [0.2, 0.25) is 5.02 Å². The molecule has 0 spiro atoms. The fourth-order valence-electron chi connectivity index (χ4n) is 2.53. The number of hydrogen-bond donors (Lipinski definition) is 1. The number of aliphatic hydroxyl groups is 1. The molecule has 1 unspecified atom stereocenters. The van der Waals surface area contributed by atoms with E-state index in [2.05, 4.69) is 6.58 Å². The average Bonchev–Trinajstić information content (AvgIpc) is 2.52. The highest BCUT2D eigenvalue weighted by molar-refractivity contribution is 6.31. The topological polar surface area (TPSA) is 20.2 Å². The molecular formula is C13H15ClO. The van der Waals surface area contributed by atoms with Gasteiger partial charge in [-0.1, -0.05) is 23.7 Å². The number of hydrogen-bond acceptors (Lipinski definition) is 1. The largest absolute Gasteiger partial charge is 0.385 e. The zero-order valence-electron chi connectivity index (χ0n) is 8.89. The van der Waals surface area contributed by atoms with E-state index >= 15 is 0 Å². The van der Waals surface area contributed by atoms with Gasteiger partial charge in [0.05, 0.1) is 5.60 Å². The Morgan fingerprint density at radius 1 is 1.60 bits per heavy atom. The number of fused-ring (bicyclic) bond motifs is 1. The van der Waals surface area contributed by atoms with Crippen LogP contribution < -0.4 is 0 Å². The van der Waals surface area contributed by atoms with Crippen LogP contribution in [-0.4, -0.2) is 5.11 Å². The Kier molecular flexibility index (Phi) is 2.61. The predicted molar refractivity (Wildman–Crippen MR) is 63.2 cm³/mol. The van der Waals surface area contributed by atoms with Gasteiger partial charge >= 0.3 is 0 Å². The van der Waals surface area contributed by atoms with E-state index < -0.39 is 5.60 Å². The molecule has 0 saturated heterocycles. The van der Waals surface area contributed by atoms with Crippen LogP contribution in [0.3, 0.4) is 0 Å². The van der Waals surface area contributed by atoms with E-state index in [1.807, 2.05) is 19.1 Å². The molecule has 2 heteroatoms. The number of aryl methyl sites for hydroxylation is 1. The summed E-state index contributed by atoms with van der Waals surface area (Å²) in [6, 6.07) is 3.88. The van der Waals surface area contributed by atoms with E-state index in [-0.39, 0.29) is 0 Å². The third-order valence-electron chi connectivity index (χ3n) is 3.20. The van der Waals surface area contributed by atoms with Gasteiger partial charge in [-0.05, 0) is 48.9 Å². The summed E-state index contributed by atoms with van der Waals surface area (Å²) in [6.07, 6.45) is 3.98. The van der Waals surface area contributed by atoms with E-state index in [1.54, 1.807) is 6.08 Å². The van der Waals surface area contributed by atoms with Crippen LogP contribution >= 0.6 is 11.6 Å². The van der Waals surface area contributed by atoms with Crippen LogP contribution in [0.4, 0.5) is 0 Å². The molecule has 80 valence electrons. The summed E-state index contributed by atoms with van der Waals surface area (Å²) >= 11 is 6.13. The van der Waals surface area contributed by atoms with E-state index in [0.717, 1.165) is 34.6 Å². The van der Waals surface area contributed by atoms with Crippen LogP contribution in [0.15, 0.2) is 24.8 Å². The zero-order valence-corrected chi connectivity index (χ0v) is 9.64. The van der Waals surface area contributed by atoms with Crippen molar-refractivity contribution in [3.05, 3.63) is 46.5 Å². The quantitative estimate of drug-likeness (QED) is 0.761. The van der Waals surface area contributed by atoms with E-state index in [1.165, 1.54) is 0 Å². The van der Waals surface area contributed by atoms with Gasteiger partial charge in [0, 0.05) is 5.02 Å². The van der Waals surface area contributed by atoms with Gasteiger partial charge in [0.2, 0.25) is 0 Å². The third-order valence-corrected chi connectivity index (χ3v) is 3.55. The minimum Gasteiger partial charge on any atom is -0.385 e. The molecule has 1 atom stereocenters. The first-order valence-electron chi connectivity index (χ1n) is 5.20. The van der Waals surface area contributed by atoms with Crippen molar-refractivity contribution in [2.75, 3.05) is 0 Å². The van der Waals surface area contributed by atoms with Crippen LogP contribution in [-0.2, 0) is 12.0 Å². The Balaban J connectivity index is 2.58. The molecule has 15 heavy (non-hydrogen) atoms. The summed E-state index contributed by atoms with van der Waals surface area (Å²) in [5.74, 6) is 0. The van der Waals surface area contributed by atoms with Gasteiger partial charge in [-0.2, -0.15) is 0 Å². The minimum absolute atomic E-state index is 0.598. The molecule has 0 amide bonds. The lowest BCUT2D eigenvalue weighted by molar-refractivity contribution is 0.0413. The van der Waals surface area contributed by atoms with Crippen LogP contribution in [0.1, 0.15) is 29.5 Å². The van der Waals surface area contributed by atoms with Crippen molar-refractivity contribution in [3.8, 4) is 0 Å². The van der Waals surface area contributed by atoms with Crippen molar-refractivity contribution in [1.82, 2.24) is 0 Å². The maximum atomic E-state index is 10.5. The second kappa shape index (κ2) is 3.66. The number of halogens is 1. The maximum absolute atomic E-state index is 10.5. The molecule has 0 radical (unpaired) electrons. The normalized spacial score (nSPS) is 23.9. The molecule has 0 aromatic heterocycles. The second-order valence-electron chi connectivity index (χ2n) is 4.24. The Morgan fingerprint density at radius 3 is 3.00 bits per heavy atom. The fraction of sp³-hybridized carbons (Fsp3) is 0.385. The van der Waals surface area contributed by atoms with Crippen molar-refractivity contribution in [1.29, 1.82) is 0 Å². The Morgan fingerprint density at radius 2 is 2.33 bits per heavy atom. The van der Waals surface area contributed by atoms with Crippen molar-refractivity contribution >= 4 is 11.6 Å². The monoisotopic (exact) mass is 222 g/mol. The van der Waals surface area contributed by atoms with E-state index in [4.69, 9.17) is 11.6 Å². The molecule has 1 nitrogen and oxygen atoms in total. The van der Waals surface area contributed by atoms with Gasteiger partial charge in [0.15, 0.2) is 0 Å². The van der Waals surface area contributed by atoms with Gasteiger partial charge in [0.1, 0.15) is 0 Å². The van der Waals surface area contributed by atoms with Gasteiger partial charge in [-0.15, -0.1) is 6.58 Å². The van der Waals surface area contributed by atoms with Crippen LogP contribution in [0.25, 0.3) is 0 Å². The summed E-state index contributed by atoms with van der Waals surface area (Å²) in [6.45, 7) is 5.72. The SMILES string of the molecule is C=CCC1(O)CCc2c(Cl)ccc(C)c21. The first-order valence-corrected chi connectivity index (χ1v) is 5.58. The molecule has 0 aliphatic heterocycles. The molecule has 1 aliphatic carbocycles. The fourth-order valence-corrected chi connectivity index (χ4v) is 2.78. The molecule has 0 bridgehead atoms. The van der Waals surface area contributed by atoms with E-state index in [9.17, 15) is 5.11 Å². The highest BCUT2D eigenvalue weighted by Gasteiger charge is 2.37. The third kappa shape index (κ3) is 1.60. The standard InChI is InChI=1S/C13H15ClO/c1-3-7-13(15)8-6-10-11(14)5-4-9(2)12(10)13/h3-5,15H,1,6-8H2,2H3. The van der Waals surface area contributed by atoms with Gasteiger partial charge in [-0.25, -0.2) is 0 Å². The lowest BCUT2D eigenvalue weighted by atomic mass is 9.89. The molecule has 1 aromatic carbocycles. The van der Waals surface area contributed by atoms with Crippen molar-refractivity contribution < 1.29 is 5.11 Å². The smallest absolute Gasteiger partial charge is 0.0939 e. The molecule has 0 fully saturated rings. The summed E-state index contributed by atoms with van der Waals surface area (Å²) in [5.41, 5.74) is 2.51. The van der Waals surface area contributed by atoms with Gasteiger partial charge in [-0.3, -0.25) is 0 Å². The highest BCUT2D eigenvalue weighted by atomic mass is 35.5. The second-order valence-corrected chi connectivity index (χ2v) is 4.65.